The molecule has 0 saturated heterocycles. The van der Waals surface area contributed by atoms with Crippen molar-refractivity contribution in [2.45, 2.75) is 6.18 Å². The van der Waals surface area contributed by atoms with Crippen molar-refractivity contribution in [3.63, 3.8) is 0 Å². The van der Waals surface area contributed by atoms with Crippen molar-refractivity contribution in [2.24, 2.45) is 0 Å². The molecule has 3 aromatic rings. The van der Waals surface area contributed by atoms with E-state index in [2.05, 4.69) is 20.3 Å². The summed E-state index contributed by atoms with van der Waals surface area (Å²) < 4.78 is 53.8. The van der Waals surface area contributed by atoms with Gasteiger partial charge in [0.05, 0.1) is 31.8 Å². The molecule has 0 amide bonds. The standard InChI is InChI=1S/C18H16ClF3N4O3/c1-27-14-6-11-13(7-15(14)28-2)25-9-26-16(11)23-3-4-29-17-12(19)5-10(8-24-17)18(20,21)22/h5-9H,3-4H2,1-2H3,(H,23,25,26). The van der Waals surface area contributed by atoms with Crippen LogP contribution in [0.25, 0.3) is 10.9 Å². The van der Waals surface area contributed by atoms with Crippen molar-refractivity contribution >= 4 is 28.3 Å². The molecular weight excluding hydrogens is 413 g/mol. The van der Waals surface area contributed by atoms with Gasteiger partial charge in [0.15, 0.2) is 11.5 Å². The maximum Gasteiger partial charge on any atom is 0.417 e. The number of alkyl halides is 3. The molecule has 11 heteroatoms. The molecule has 7 nitrogen and oxygen atoms in total. The number of aromatic nitrogens is 3. The Kier molecular flexibility index (Phi) is 6.12. The summed E-state index contributed by atoms with van der Waals surface area (Å²) in [6.07, 6.45) is -2.45. The predicted octanol–water partition coefficient (Wildman–Crippen LogP) is 4.21. The second kappa shape index (κ2) is 8.56. The molecule has 1 N–H and O–H groups in total. The maximum atomic E-state index is 12.6. The van der Waals surface area contributed by atoms with E-state index in [0.717, 1.165) is 6.07 Å². The Balaban J connectivity index is 1.67. The number of fused-ring (bicyclic) bond motifs is 1. The second-order valence-corrected chi connectivity index (χ2v) is 6.14. The Bertz CT molecular complexity index is 1020. The van der Waals surface area contributed by atoms with E-state index < -0.39 is 11.7 Å². The van der Waals surface area contributed by atoms with E-state index in [4.69, 9.17) is 25.8 Å². The van der Waals surface area contributed by atoms with Crippen LogP contribution in [0.3, 0.4) is 0 Å². The zero-order valence-electron chi connectivity index (χ0n) is 15.4. The molecule has 0 radical (unpaired) electrons. The van der Waals surface area contributed by atoms with Crippen molar-refractivity contribution < 1.29 is 27.4 Å². The Hall–Kier alpha value is -3.01. The van der Waals surface area contributed by atoms with Gasteiger partial charge in [0.25, 0.3) is 0 Å². The van der Waals surface area contributed by atoms with Crippen LogP contribution in [-0.4, -0.2) is 42.3 Å². The van der Waals surface area contributed by atoms with Crippen molar-refractivity contribution in [1.29, 1.82) is 0 Å². The average molecular weight is 429 g/mol. The van der Waals surface area contributed by atoms with Crippen LogP contribution in [0.4, 0.5) is 19.0 Å². The lowest BCUT2D eigenvalue weighted by Gasteiger charge is -2.13. The van der Waals surface area contributed by atoms with Crippen LogP contribution in [0.5, 0.6) is 17.4 Å². The van der Waals surface area contributed by atoms with Crippen LogP contribution >= 0.6 is 11.6 Å². The molecule has 0 fully saturated rings. The molecule has 1 aromatic carbocycles. The summed E-state index contributed by atoms with van der Waals surface area (Å²) in [5.41, 5.74) is -0.293. The minimum absolute atomic E-state index is 0.0829. The van der Waals surface area contributed by atoms with Crippen LogP contribution in [-0.2, 0) is 6.18 Å². The van der Waals surface area contributed by atoms with Gasteiger partial charge in [0.2, 0.25) is 5.88 Å². The van der Waals surface area contributed by atoms with E-state index in [1.807, 2.05) is 0 Å². The Morgan fingerprint density at radius 2 is 1.76 bits per heavy atom. The number of methoxy groups -OCH3 is 2. The minimum Gasteiger partial charge on any atom is -0.493 e. The Morgan fingerprint density at radius 3 is 2.41 bits per heavy atom. The fourth-order valence-corrected chi connectivity index (χ4v) is 2.75. The van der Waals surface area contributed by atoms with E-state index in [0.29, 0.717) is 41.0 Å². The fourth-order valence-electron chi connectivity index (χ4n) is 2.53. The molecule has 154 valence electrons. The van der Waals surface area contributed by atoms with Gasteiger partial charge in [-0.15, -0.1) is 0 Å². The van der Waals surface area contributed by atoms with Crippen molar-refractivity contribution in [2.75, 3.05) is 32.7 Å². The quantitative estimate of drug-likeness (QED) is 0.565. The summed E-state index contributed by atoms with van der Waals surface area (Å²) in [5.74, 6) is 1.51. The molecule has 0 saturated carbocycles. The number of anilines is 1. The number of benzene rings is 1. The molecule has 0 aliphatic carbocycles. The van der Waals surface area contributed by atoms with Gasteiger partial charge in [-0.2, -0.15) is 13.2 Å². The number of hydrogen-bond acceptors (Lipinski definition) is 7. The van der Waals surface area contributed by atoms with Gasteiger partial charge in [-0.3, -0.25) is 0 Å². The maximum absolute atomic E-state index is 12.6. The predicted molar refractivity (Wildman–Crippen MR) is 101 cm³/mol. The number of halogens is 4. The van der Waals surface area contributed by atoms with Gasteiger partial charge in [0.1, 0.15) is 23.8 Å². The smallest absolute Gasteiger partial charge is 0.417 e. The third kappa shape index (κ3) is 4.70. The lowest BCUT2D eigenvalue weighted by atomic mass is 10.2. The summed E-state index contributed by atoms with van der Waals surface area (Å²) in [5, 5.41) is 3.56. The highest BCUT2D eigenvalue weighted by Gasteiger charge is 2.31. The highest BCUT2D eigenvalue weighted by molar-refractivity contribution is 6.31. The lowest BCUT2D eigenvalue weighted by Crippen LogP contribution is -2.14. The molecule has 2 heterocycles. The molecule has 0 aliphatic heterocycles. The van der Waals surface area contributed by atoms with Crippen molar-refractivity contribution in [3.05, 3.63) is 41.3 Å². The molecule has 0 unspecified atom stereocenters. The number of hydrogen-bond donors (Lipinski definition) is 1. The van der Waals surface area contributed by atoms with Gasteiger partial charge in [-0.25, -0.2) is 15.0 Å². The van der Waals surface area contributed by atoms with E-state index in [1.165, 1.54) is 20.5 Å². The van der Waals surface area contributed by atoms with Crippen LogP contribution in [0.1, 0.15) is 5.56 Å². The van der Waals surface area contributed by atoms with Crippen LogP contribution in [0.15, 0.2) is 30.7 Å². The van der Waals surface area contributed by atoms with Gasteiger partial charge in [-0.05, 0) is 12.1 Å². The van der Waals surface area contributed by atoms with E-state index in [9.17, 15) is 13.2 Å². The Morgan fingerprint density at radius 1 is 1.03 bits per heavy atom. The van der Waals surface area contributed by atoms with Crippen molar-refractivity contribution in [3.8, 4) is 17.4 Å². The Labute approximate surface area is 168 Å². The van der Waals surface area contributed by atoms with Gasteiger partial charge >= 0.3 is 6.18 Å². The van der Waals surface area contributed by atoms with Crippen LogP contribution < -0.4 is 19.5 Å². The first-order chi connectivity index (χ1) is 13.8. The monoisotopic (exact) mass is 428 g/mol. The van der Waals surface area contributed by atoms with Gasteiger partial charge < -0.3 is 19.5 Å². The summed E-state index contributed by atoms with van der Waals surface area (Å²) >= 11 is 5.82. The largest absolute Gasteiger partial charge is 0.493 e. The molecule has 0 bridgehead atoms. The third-order valence-electron chi connectivity index (χ3n) is 3.91. The van der Waals surface area contributed by atoms with Gasteiger partial charge in [0, 0.05) is 17.6 Å². The van der Waals surface area contributed by atoms with E-state index >= 15 is 0 Å². The van der Waals surface area contributed by atoms with Crippen LogP contribution in [0.2, 0.25) is 5.02 Å². The highest BCUT2D eigenvalue weighted by Crippen LogP contribution is 2.34. The minimum atomic E-state index is -4.52. The van der Waals surface area contributed by atoms with Crippen LogP contribution in [0, 0.1) is 0 Å². The molecule has 3 rings (SSSR count). The van der Waals surface area contributed by atoms with E-state index in [1.54, 1.807) is 12.1 Å². The zero-order chi connectivity index (χ0) is 21.0. The SMILES string of the molecule is COc1cc2ncnc(NCCOc3ncc(C(F)(F)F)cc3Cl)c2cc1OC. The fraction of sp³-hybridized carbons (Fsp3) is 0.278. The third-order valence-corrected chi connectivity index (χ3v) is 4.18. The zero-order valence-corrected chi connectivity index (χ0v) is 16.1. The second-order valence-electron chi connectivity index (χ2n) is 5.73. The molecule has 0 spiro atoms. The average Bonchev–Trinajstić information content (AvgIpc) is 2.70. The number of rotatable bonds is 7. The normalized spacial score (nSPS) is 11.4. The lowest BCUT2D eigenvalue weighted by molar-refractivity contribution is -0.137. The highest BCUT2D eigenvalue weighted by atomic mass is 35.5. The molecular formula is C18H16ClF3N4O3. The summed E-state index contributed by atoms with van der Waals surface area (Å²) in [7, 11) is 3.05. The first-order valence-electron chi connectivity index (χ1n) is 8.29. The summed E-state index contributed by atoms with van der Waals surface area (Å²) in [4.78, 5) is 12.0. The molecule has 0 aliphatic rings. The number of nitrogens with zero attached hydrogens (tertiary/aromatic N) is 3. The number of nitrogens with one attached hydrogen (secondary N) is 1. The number of pyridine rings is 1. The van der Waals surface area contributed by atoms with Crippen molar-refractivity contribution in [1.82, 2.24) is 15.0 Å². The molecule has 2 aromatic heterocycles. The number of ether oxygens (including phenoxy) is 3. The molecule has 0 atom stereocenters. The first kappa shape index (κ1) is 20.7. The summed E-state index contributed by atoms with van der Waals surface area (Å²) in [6.45, 7) is 0.385. The molecule has 29 heavy (non-hydrogen) atoms. The van der Waals surface area contributed by atoms with E-state index in [-0.39, 0.29) is 17.5 Å². The summed E-state index contributed by atoms with van der Waals surface area (Å²) in [6, 6.07) is 4.24. The first-order valence-corrected chi connectivity index (χ1v) is 8.67. The van der Waals surface area contributed by atoms with Gasteiger partial charge in [-0.1, -0.05) is 11.6 Å². The topological polar surface area (TPSA) is 78.4 Å².